The molecule has 3 heterocycles. The quantitative estimate of drug-likeness (QED) is 0.655. The van der Waals surface area contributed by atoms with E-state index in [4.69, 9.17) is 19.4 Å². The van der Waals surface area contributed by atoms with Crippen molar-refractivity contribution in [1.82, 2.24) is 9.80 Å². The van der Waals surface area contributed by atoms with Crippen molar-refractivity contribution in [2.24, 2.45) is 0 Å². The molecule has 2 atom stereocenters. The monoisotopic (exact) mass is 508 g/mol. The van der Waals surface area contributed by atoms with Gasteiger partial charge in [-0.2, -0.15) is 13.2 Å². The highest BCUT2D eigenvalue weighted by molar-refractivity contribution is 5.84. The van der Waals surface area contributed by atoms with Crippen molar-refractivity contribution in [3.63, 3.8) is 0 Å². The molecular weight excluding hydrogens is 477 g/mol. The van der Waals surface area contributed by atoms with Gasteiger partial charge in [-0.05, 0) is 55.0 Å². The highest BCUT2D eigenvalue weighted by Gasteiger charge is 2.48. The lowest BCUT2D eigenvalue weighted by Gasteiger charge is -2.57. The van der Waals surface area contributed by atoms with Crippen LogP contribution in [-0.2, 0) is 14.3 Å². The fourth-order valence-electron chi connectivity index (χ4n) is 5.19. The number of alkyl halides is 3. The summed E-state index contributed by atoms with van der Waals surface area (Å²) in [5.74, 6) is -1.90. The first kappa shape index (κ1) is 26.2. The zero-order valence-corrected chi connectivity index (χ0v) is 20.0. The van der Waals surface area contributed by atoms with Crippen LogP contribution in [0, 0.1) is 0 Å². The van der Waals surface area contributed by atoms with Gasteiger partial charge in [0.25, 0.3) is 5.91 Å². The molecule has 0 saturated carbocycles. The number of carboxylic acid groups (broad SMARTS) is 1. The van der Waals surface area contributed by atoms with Gasteiger partial charge in [-0.1, -0.05) is 30.3 Å². The number of nitrogens with zero attached hydrogens (tertiary/aromatic N) is 2. The number of aliphatic carboxylic acids is 1. The van der Waals surface area contributed by atoms with Gasteiger partial charge in [-0.3, -0.25) is 9.69 Å². The number of rotatable bonds is 5. The number of likely N-dealkylation sites (tertiary alicyclic amines) is 2. The first-order valence-electron chi connectivity index (χ1n) is 12.2. The van der Waals surface area contributed by atoms with Crippen LogP contribution >= 0.6 is 0 Å². The Kier molecular flexibility index (Phi) is 8.04. The van der Waals surface area contributed by atoms with E-state index in [-0.39, 0.29) is 18.1 Å². The second-order valence-electron chi connectivity index (χ2n) is 9.57. The molecule has 2 aromatic carbocycles. The smallest absolute Gasteiger partial charge is 0.484 e. The van der Waals surface area contributed by atoms with Crippen molar-refractivity contribution in [1.29, 1.82) is 0 Å². The van der Waals surface area contributed by atoms with E-state index in [0.29, 0.717) is 6.10 Å². The van der Waals surface area contributed by atoms with Gasteiger partial charge in [0.15, 0.2) is 6.61 Å². The zero-order valence-electron chi connectivity index (χ0n) is 20.0. The standard InChI is InChI=1S/C24H30N2O3.C2HF3O2/c27-23(17-29-21-9-8-19-5-1-2-6-20(19)15-21)25-12-4-10-24(18-25)11-13-26(24)16-22-7-3-14-28-22;3-2(4,5)1(6)7/h1-2,5-6,8-9,15,22H,3-4,7,10-14,16-18H2;(H,6,7). The Morgan fingerprint density at radius 3 is 2.47 bits per heavy atom. The van der Waals surface area contributed by atoms with E-state index in [1.165, 1.54) is 31.1 Å². The normalized spacial score (nSPS) is 24.2. The van der Waals surface area contributed by atoms with E-state index >= 15 is 0 Å². The average molecular weight is 509 g/mol. The maximum atomic E-state index is 12.9. The molecule has 3 saturated heterocycles. The molecule has 2 unspecified atom stereocenters. The second-order valence-corrected chi connectivity index (χ2v) is 9.57. The van der Waals surface area contributed by atoms with Crippen molar-refractivity contribution in [3.8, 4) is 5.75 Å². The molecule has 0 aliphatic carbocycles. The lowest BCUT2D eigenvalue weighted by atomic mass is 9.77. The largest absolute Gasteiger partial charge is 0.490 e. The molecule has 1 spiro atoms. The van der Waals surface area contributed by atoms with Crippen molar-refractivity contribution < 1.29 is 37.3 Å². The first-order valence-corrected chi connectivity index (χ1v) is 12.2. The number of hydrogen-bond acceptors (Lipinski definition) is 5. The molecule has 5 rings (SSSR count). The van der Waals surface area contributed by atoms with Crippen LogP contribution in [0.1, 0.15) is 32.1 Å². The number of piperidine rings is 1. The lowest BCUT2D eigenvalue weighted by molar-refractivity contribution is -0.192. The molecule has 1 amide bonds. The van der Waals surface area contributed by atoms with E-state index in [9.17, 15) is 18.0 Å². The lowest BCUT2D eigenvalue weighted by Crippen LogP contribution is -2.68. The summed E-state index contributed by atoms with van der Waals surface area (Å²) in [4.78, 5) is 26.4. The number of carboxylic acids is 1. The molecule has 7 nitrogen and oxygen atoms in total. The third-order valence-corrected chi connectivity index (χ3v) is 7.20. The Bertz CT molecular complexity index is 1070. The van der Waals surface area contributed by atoms with Crippen LogP contribution in [0.3, 0.4) is 0 Å². The highest BCUT2D eigenvalue weighted by Crippen LogP contribution is 2.39. The van der Waals surface area contributed by atoms with Crippen LogP contribution in [0.2, 0.25) is 0 Å². The molecule has 36 heavy (non-hydrogen) atoms. The van der Waals surface area contributed by atoms with Gasteiger partial charge in [0.05, 0.1) is 6.10 Å². The molecule has 2 aromatic rings. The predicted molar refractivity (Wildman–Crippen MR) is 127 cm³/mol. The van der Waals surface area contributed by atoms with Crippen molar-refractivity contribution in [2.75, 3.05) is 39.4 Å². The predicted octanol–water partition coefficient (Wildman–Crippen LogP) is 4.10. The molecule has 3 aliphatic rings. The van der Waals surface area contributed by atoms with E-state index in [1.54, 1.807) is 0 Å². The average Bonchev–Trinajstić information content (AvgIpc) is 3.38. The van der Waals surface area contributed by atoms with E-state index in [1.807, 2.05) is 35.2 Å². The van der Waals surface area contributed by atoms with Crippen LogP contribution in [0.4, 0.5) is 13.2 Å². The number of halogens is 3. The topological polar surface area (TPSA) is 79.3 Å². The number of carbonyl (C=O) groups is 2. The summed E-state index contributed by atoms with van der Waals surface area (Å²) in [7, 11) is 0. The van der Waals surface area contributed by atoms with Crippen LogP contribution in [-0.4, -0.2) is 84.0 Å². The summed E-state index contributed by atoms with van der Waals surface area (Å²) in [5.41, 5.74) is 0.169. The van der Waals surface area contributed by atoms with Crippen molar-refractivity contribution >= 4 is 22.6 Å². The van der Waals surface area contributed by atoms with Gasteiger partial charge < -0.3 is 19.5 Å². The minimum Gasteiger partial charge on any atom is -0.484 e. The number of fused-ring (bicyclic) bond motifs is 1. The first-order chi connectivity index (χ1) is 17.2. The van der Waals surface area contributed by atoms with Crippen LogP contribution in [0.5, 0.6) is 5.75 Å². The minimum atomic E-state index is -5.08. The van der Waals surface area contributed by atoms with Gasteiger partial charge >= 0.3 is 12.1 Å². The molecule has 0 radical (unpaired) electrons. The van der Waals surface area contributed by atoms with Gasteiger partial charge in [0, 0.05) is 38.3 Å². The Morgan fingerprint density at radius 2 is 1.83 bits per heavy atom. The SMILES string of the molecule is O=C(COc1ccc2ccccc2c1)N1CCCC2(CCN2CC2CCCO2)C1.O=C(O)C(F)(F)F. The van der Waals surface area contributed by atoms with Crippen LogP contribution in [0.25, 0.3) is 10.8 Å². The fourth-order valence-corrected chi connectivity index (χ4v) is 5.19. The van der Waals surface area contributed by atoms with Gasteiger partial charge in [0.2, 0.25) is 0 Å². The molecule has 0 aromatic heterocycles. The number of carbonyl (C=O) groups excluding carboxylic acids is 1. The number of amides is 1. The van der Waals surface area contributed by atoms with E-state index in [0.717, 1.165) is 50.3 Å². The third-order valence-electron chi connectivity index (χ3n) is 7.20. The Hall–Kier alpha value is -2.85. The summed E-state index contributed by atoms with van der Waals surface area (Å²) in [6.45, 7) is 4.85. The summed E-state index contributed by atoms with van der Waals surface area (Å²) in [6.07, 6.45) is 1.11. The molecular formula is C26H31F3N2O5. The maximum Gasteiger partial charge on any atom is 0.490 e. The van der Waals surface area contributed by atoms with Crippen molar-refractivity contribution in [3.05, 3.63) is 42.5 Å². The third kappa shape index (κ3) is 6.28. The summed E-state index contributed by atoms with van der Waals surface area (Å²) in [6, 6.07) is 14.2. The highest BCUT2D eigenvalue weighted by atomic mass is 19.4. The van der Waals surface area contributed by atoms with Gasteiger partial charge in [-0.25, -0.2) is 4.79 Å². The molecule has 0 bridgehead atoms. The van der Waals surface area contributed by atoms with Crippen molar-refractivity contribution in [2.45, 2.75) is 49.9 Å². The number of benzene rings is 2. The fraction of sp³-hybridized carbons (Fsp3) is 0.538. The number of hydrogen-bond donors (Lipinski definition) is 1. The Balaban J connectivity index is 0.000000384. The van der Waals surface area contributed by atoms with E-state index in [2.05, 4.69) is 17.0 Å². The zero-order chi connectivity index (χ0) is 25.8. The Labute approximate surface area is 207 Å². The minimum absolute atomic E-state index is 0.0983. The molecule has 3 fully saturated rings. The van der Waals surface area contributed by atoms with Crippen LogP contribution < -0.4 is 4.74 Å². The van der Waals surface area contributed by atoms with E-state index < -0.39 is 12.1 Å². The van der Waals surface area contributed by atoms with Gasteiger partial charge in [0.1, 0.15) is 5.75 Å². The van der Waals surface area contributed by atoms with Gasteiger partial charge in [-0.15, -0.1) is 0 Å². The molecule has 196 valence electrons. The second kappa shape index (κ2) is 11.0. The molecule has 3 aliphatic heterocycles. The molecule has 1 N–H and O–H groups in total. The maximum absolute atomic E-state index is 12.9. The summed E-state index contributed by atoms with van der Waals surface area (Å²) < 4.78 is 43.4. The summed E-state index contributed by atoms with van der Waals surface area (Å²) in [5, 5.41) is 9.44. The number of ether oxygens (including phenoxy) is 2. The van der Waals surface area contributed by atoms with Crippen LogP contribution in [0.15, 0.2) is 42.5 Å². The molecule has 10 heteroatoms. The Morgan fingerprint density at radius 1 is 1.08 bits per heavy atom. The summed E-state index contributed by atoms with van der Waals surface area (Å²) >= 11 is 0.